The molecule has 1 fully saturated rings. The highest BCUT2D eigenvalue weighted by atomic mass is 16.5. The zero-order valence-electron chi connectivity index (χ0n) is 16.4. The molecule has 3 aromatic rings. The number of rotatable bonds is 6. The van der Waals surface area contributed by atoms with E-state index in [1.807, 2.05) is 42.6 Å². The van der Waals surface area contributed by atoms with Gasteiger partial charge in [0.1, 0.15) is 17.9 Å². The molecule has 0 aliphatic carbocycles. The molecule has 1 aromatic carbocycles. The van der Waals surface area contributed by atoms with Crippen LogP contribution in [0.2, 0.25) is 0 Å². The first-order valence-electron chi connectivity index (χ1n) is 9.71. The van der Waals surface area contributed by atoms with Crippen LogP contribution < -0.4 is 15.0 Å². The number of amides is 1. The average Bonchev–Trinajstić information content (AvgIpc) is 3.33. The van der Waals surface area contributed by atoms with E-state index in [2.05, 4.69) is 25.3 Å². The number of methoxy groups -OCH3 is 1. The van der Waals surface area contributed by atoms with E-state index in [1.54, 1.807) is 18.0 Å². The molecule has 0 saturated carbocycles. The second kappa shape index (κ2) is 8.72. The summed E-state index contributed by atoms with van der Waals surface area (Å²) in [6, 6.07) is 11.5. The largest absolute Gasteiger partial charge is 0.496 e. The second-order valence-corrected chi connectivity index (χ2v) is 7.00. The number of nitrogens with one attached hydrogen (secondary N) is 1. The van der Waals surface area contributed by atoms with Crippen molar-refractivity contribution < 1.29 is 9.53 Å². The van der Waals surface area contributed by atoms with Gasteiger partial charge < -0.3 is 15.0 Å². The Hall–Kier alpha value is -3.42. The molecule has 0 spiro atoms. The summed E-state index contributed by atoms with van der Waals surface area (Å²) in [4.78, 5) is 23.6. The van der Waals surface area contributed by atoms with Gasteiger partial charge in [0.25, 0.3) is 0 Å². The molecular weight excluding hydrogens is 368 g/mol. The van der Waals surface area contributed by atoms with Gasteiger partial charge in [0, 0.05) is 43.7 Å². The van der Waals surface area contributed by atoms with Gasteiger partial charge in [-0.15, -0.1) is 0 Å². The van der Waals surface area contributed by atoms with Crippen LogP contribution in [0.25, 0.3) is 5.82 Å². The van der Waals surface area contributed by atoms with Gasteiger partial charge in [0.05, 0.1) is 13.0 Å². The maximum absolute atomic E-state index is 12.8. The average molecular weight is 392 g/mol. The number of hydrogen-bond donors (Lipinski definition) is 1. The zero-order chi connectivity index (χ0) is 20.1. The Kier molecular flexibility index (Phi) is 5.69. The summed E-state index contributed by atoms with van der Waals surface area (Å²) in [6.07, 6.45) is 6.90. The number of anilines is 1. The molecular formula is C21H24N6O2. The zero-order valence-corrected chi connectivity index (χ0v) is 16.4. The maximum Gasteiger partial charge on any atom is 0.225 e. The molecule has 29 heavy (non-hydrogen) atoms. The van der Waals surface area contributed by atoms with Crippen molar-refractivity contribution in [3.63, 3.8) is 0 Å². The number of carbonyl (C=O) groups excluding carboxylic acids is 1. The monoisotopic (exact) mass is 392 g/mol. The van der Waals surface area contributed by atoms with Crippen LogP contribution in [0.1, 0.15) is 18.4 Å². The second-order valence-electron chi connectivity index (χ2n) is 7.00. The Labute approximate surface area is 169 Å². The van der Waals surface area contributed by atoms with Gasteiger partial charge in [-0.05, 0) is 25.0 Å². The van der Waals surface area contributed by atoms with Crippen molar-refractivity contribution in [3.05, 3.63) is 60.7 Å². The van der Waals surface area contributed by atoms with Gasteiger partial charge in [-0.25, -0.2) is 14.6 Å². The number of nitrogens with zero attached hydrogens (tertiary/aromatic N) is 5. The molecule has 3 heterocycles. The fraction of sp³-hybridized carbons (Fsp3) is 0.333. The van der Waals surface area contributed by atoms with Crippen LogP contribution in [0.4, 0.5) is 5.82 Å². The third-order valence-electron chi connectivity index (χ3n) is 5.14. The van der Waals surface area contributed by atoms with E-state index in [-0.39, 0.29) is 11.8 Å². The van der Waals surface area contributed by atoms with Crippen molar-refractivity contribution in [3.8, 4) is 11.6 Å². The van der Waals surface area contributed by atoms with Crippen LogP contribution in [0.3, 0.4) is 0 Å². The number of ether oxygens (including phenoxy) is 1. The summed E-state index contributed by atoms with van der Waals surface area (Å²) >= 11 is 0. The summed E-state index contributed by atoms with van der Waals surface area (Å²) < 4.78 is 7.06. The summed E-state index contributed by atoms with van der Waals surface area (Å²) in [5.74, 6) is 2.28. The normalized spacial score (nSPS) is 16.4. The minimum absolute atomic E-state index is 0.0574. The Balaban J connectivity index is 1.40. The van der Waals surface area contributed by atoms with E-state index in [0.29, 0.717) is 18.9 Å². The lowest BCUT2D eigenvalue weighted by atomic mass is 9.97. The molecule has 1 aliphatic rings. The number of aromatic nitrogens is 4. The van der Waals surface area contributed by atoms with Crippen molar-refractivity contribution >= 4 is 11.7 Å². The van der Waals surface area contributed by atoms with E-state index in [4.69, 9.17) is 4.74 Å². The van der Waals surface area contributed by atoms with E-state index >= 15 is 0 Å². The molecule has 1 aliphatic heterocycles. The molecule has 1 N–H and O–H groups in total. The Morgan fingerprint density at radius 3 is 2.93 bits per heavy atom. The van der Waals surface area contributed by atoms with Gasteiger partial charge in [-0.3, -0.25) is 4.79 Å². The number of benzene rings is 1. The predicted octanol–water partition coefficient (Wildman–Crippen LogP) is 2.20. The lowest BCUT2D eigenvalue weighted by molar-refractivity contribution is -0.125. The van der Waals surface area contributed by atoms with Crippen molar-refractivity contribution in [2.24, 2.45) is 5.92 Å². The lowest BCUT2D eigenvalue weighted by Gasteiger charge is -2.33. The third-order valence-corrected chi connectivity index (χ3v) is 5.14. The number of hydrogen-bond acceptors (Lipinski definition) is 6. The van der Waals surface area contributed by atoms with E-state index in [9.17, 15) is 4.79 Å². The van der Waals surface area contributed by atoms with Gasteiger partial charge in [-0.2, -0.15) is 5.10 Å². The van der Waals surface area contributed by atoms with Gasteiger partial charge >= 0.3 is 0 Å². The van der Waals surface area contributed by atoms with Crippen LogP contribution in [0.5, 0.6) is 5.75 Å². The van der Waals surface area contributed by atoms with Crippen molar-refractivity contribution in [1.29, 1.82) is 0 Å². The smallest absolute Gasteiger partial charge is 0.225 e. The van der Waals surface area contributed by atoms with Crippen LogP contribution in [-0.2, 0) is 11.3 Å². The molecule has 1 atom stereocenters. The summed E-state index contributed by atoms with van der Waals surface area (Å²) in [7, 11) is 1.64. The summed E-state index contributed by atoms with van der Waals surface area (Å²) in [5.41, 5.74) is 0.968. The van der Waals surface area contributed by atoms with Gasteiger partial charge in [0.2, 0.25) is 5.91 Å². The summed E-state index contributed by atoms with van der Waals surface area (Å²) in [6.45, 7) is 1.95. The fourth-order valence-corrected chi connectivity index (χ4v) is 3.61. The highest BCUT2D eigenvalue weighted by molar-refractivity contribution is 5.79. The molecule has 2 aromatic heterocycles. The highest BCUT2D eigenvalue weighted by Crippen LogP contribution is 2.23. The third kappa shape index (κ3) is 4.37. The number of carbonyl (C=O) groups is 1. The number of para-hydroxylation sites is 1. The van der Waals surface area contributed by atoms with Crippen molar-refractivity contribution in [2.75, 3.05) is 25.1 Å². The molecule has 150 valence electrons. The van der Waals surface area contributed by atoms with Gasteiger partial charge in [0.15, 0.2) is 5.82 Å². The molecule has 1 amide bonds. The Morgan fingerprint density at radius 1 is 1.24 bits per heavy atom. The number of piperidine rings is 1. The van der Waals surface area contributed by atoms with E-state index in [1.165, 1.54) is 6.33 Å². The summed E-state index contributed by atoms with van der Waals surface area (Å²) in [5, 5.41) is 7.27. The molecule has 0 unspecified atom stereocenters. The molecule has 4 rings (SSSR count). The first kappa shape index (κ1) is 18.9. The first-order valence-corrected chi connectivity index (χ1v) is 9.71. The van der Waals surface area contributed by atoms with Crippen molar-refractivity contribution in [1.82, 2.24) is 25.1 Å². The van der Waals surface area contributed by atoms with Crippen LogP contribution in [0.15, 0.2) is 55.1 Å². The Bertz CT molecular complexity index is 959. The molecule has 0 radical (unpaired) electrons. The Morgan fingerprint density at radius 2 is 2.10 bits per heavy atom. The first-order chi connectivity index (χ1) is 14.2. The van der Waals surface area contributed by atoms with Crippen molar-refractivity contribution in [2.45, 2.75) is 19.4 Å². The lowest BCUT2D eigenvalue weighted by Crippen LogP contribution is -2.43. The molecule has 0 bridgehead atoms. The highest BCUT2D eigenvalue weighted by Gasteiger charge is 2.26. The minimum atomic E-state index is -0.0819. The molecule has 8 nitrogen and oxygen atoms in total. The van der Waals surface area contributed by atoms with Crippen LogP contribution >= 0.6 is 0 Å². The topological polar surface area (TPSA) is 85.2 Å². The minimum Gasteiger partial charge on any atom is -0.496 e. The predicted molar refractivity (Wildman–Crippen MR) is 109 cm³/mol. The van der Waals surface area contributed by atoms with Gasteiger partial charge in [-0.1, -0.05) is 18.2 Å². The van der Waals surface area contributed by atoms with Crippen LogP contribution in [0, 0.1) is 5.92 Å². The van der Waals surface area contributed by atoms with Crippen LogP contribution in [-0.4, -0.2) is 45.9 Å². The van der Waals surface area contributed by atoms with E-state index < -0.39 is 0 Å². The van der Waals surface area contributed by atoms with E-state index in [0.717, 1.165) is 36.5 Å². The molecule has 1 saturated heterocycles. The fourth-order valence-electron chi connectivity index (χ4n) is 3.61. The quantitative estimate of drug-likeness (QED) is 0.692. The SMILES string of the molecule is COc1ccccc1CNC(=O)[C@@H]1CCCN(c2cc(-n3cccn3)ncn2)C1. The maximum atomic E-state index is 12.8. The molecule has 8 heteroatoms. The standard InChI is InChI=1S/C21H24N6O2/c1-29-18-8-3-2-6-16(18)13-22-21(28)17-7-4-10-26(14-17)19-12-20(24-15-23-19)27-11-5-9-25-27/h2-3,5-6,8-9,11-12,15,17H,4,7,10,13-14H2,1H3,(H,22,28)/t17-/m1/s1.